The molecule has 1 aliphatic carbocycles. The molecule has 1 aliphatic heterocycles. The Hall–Kier alpha value is -3.77. The minimum absolute atomic E-state index is 0.164. The van der Waals surface area contributed by atoms with Crippen molar-refractivity contribution in [2.24, 2.45) is 5.92 Å². The predicted molar refractivity (Wildman–Crippen MR) is 112 cm³/mol. The number of benzene rings is 1. The van der Waals surface area contributed by atoms with Crippen molar-refractivity contribution in [3.8, 4) is 17.1 Å². The van der Waals surface area contributed by atoms with E-state index in [2.05, 4.69) is 25.5 Å². The Morgan fingerprint density at radius 3 is 2.57 bits per heavy atom. The third-order valence-electron chi connectivity index (χ3n) is 6.44. The van der Waals surface area contributed by atoms with Crippen molar-refractivity contribution in [2.45, 2.75) is 50.9 Å². The van der Waals surface area contributed by atoms with Gasteiger partial charge in [0.05, 0.1) is 23.6 Å². The molecule has 9 nitrogen and oxygen atoms in total. The van der Waals surface area contributed by atoms with E-state index in [4.69, 9.17) is 4.42 Å². The van der Waals surface area contributed by atoms with Crippen LogP contribution >= 0.6 is 0 Å². The lowest BCUT2D eigenvalue weighted by Crippen LogP contribution is -2.70. The second-order valence-electron chi connectivity index (χ2n) is 9.00. The fraction of sp³-hybridized carbons (Fsp3) is 0.409. The third-order valence-corrected chi connectivity index (χ3v) is 6.44. The van der Waals surface area contributed by atoms with Crippen molar-refractivity contribution in [1.29, 1.82) is 0 Å². The van der Waals surface area contributed by atoms with E-state index >= 15 is 0 Å². The van der Waals surface area contributed by atoms with Gasteiger partial charge in [-0.15, -0.1) is 10.2 Å². The molecule has 184 valence electrons. The summed E-state index contributed by atoms with van der Waals surface area (Å²) in [4.78, 5) is 22.2. The highest BCUT2D eigenvalue weighted by atomic mass is 19.4. The molecule has 3 aromatic rings. The van der Waals surface area contributed by atoms with E-state index in [0.717, 1.165) is 18.5 Å². The number of hydrogen-bond donors (Lipinski definition) is 2. The Labute approximate surface area is 196 Å². The lowest BCUT2D eigenvalue weighted by atomic mass is 9.64. The Balaban J connectivity index is 1.51. The summed E-state index contributed by atoms with van der Waals surface area (Å²) < 4.78 is 61.3. The van der Waals surface area contributed by atoms with E-state index < -0.39 is 46.2 Å². The minimum atomic E-state index is -4.91. The monoisotopic (exact) mass is 492 g/mol. The molecule has 1 aromatic carbocycles. The van der Waals surface area contributed by atoms with Gasteiger partial charge < -0.3 is 19.7 Å². The molecule has 0 spiro atoms. The number of carbonyl (C=O) groups excluding carboxylic acids is 1. The van der Waals surface area contributed by atoms with Crippen molar-refractivity contribution < 1.29 is 31.9 Å². The molecule has 1 saturated carbocycles. The van der Waals surface area contributed by atoms with Crippen LogP contribution in [0.2, 0.25) is 0 Å². The number of nitrogens with zero attached hydrogens (tertiary/aromatic N) is 5. The number of carbonyl (C=O) groups is 1. The summed E-state index contributed by atoms with van der Waals surface area (Å²) in [5.41, 5.74) is -3.19. The summed E-state index contributed by atoms with van der Waals surface area (Å²) in [6.07, 6.45) is -1.21. The van der Waals surface area contributed by atoms with E-state index in [1.165, 1.54) is 4.90 Å². The number of urea groups is 1. The van der Waals surface area contributed by atoms with Crippen molar-refractivity contribution in [2.75, 3.05) is 5.32 Å². The predicted octanol–water partition coefficient (Wildman–Crippen LogP) is 4.63. The first-order valence-electron chi connectivity index (χ1n) is 10.8. The highest BCUT2D eigenvalue weighted by Gasteiger charge is 2.62. The Morgan fingerprint density at radius 1 is 1.23 bits per heavy atom. The number of aromatic hydroxyl groups is 1. The molecule has 3 heterocycles. The number of halogens is 4. The fourth-order valence-corrected chi connectivity index (χ4v) is 5.16. The summed E-state index contributed by atoms with van der Waals surface area (Å²) >= 11 is 0. The minimum Gasteiger partial charge on any atom is -0.505 e. The average molecular weight is 492 g/mol. The quantitative estimate of drug-likeness (QED) is 0.512. The maximum absolute atomic E-state index is 14.8. The van der Waals surface area contributed by atoms with Crippen LogP contribution in [0.4, 0.5) is 28.0 Å². The van der Waals surface area contributed by atoms with Gasteiger partial charge in [-0.2, -0.15) is 13.2 Å². The highest BCUT2D eigenvalue weighted by Crippen LogP contribution is 2.55. The van der Waals surface area contributed by atoms with Crippen molar-refractivity contribution in [3.63, 3.8) is 0 Å². The van der Waals surface area contributed by atoms with Crippen LogP contribution in [0, 0.1) is 18.7 Å². The molecule has 2 fully saturated rings. The van der Waals surface area contributed by atoms with Crippen LogP contribution in [0.15, 0.2) is 28.9 Å². The second kappa shape index (κ2) is 7.89. The van der Waals surface area contributed by atoms with Gasteiger partial charge in [0, 0.05) is 24.9 Å². The molecule has 1 unspecified atom stereocenters. The van der Waals surface area contributed by atoms with Crippen LogP contribution in [0.25, 0.3) is 11.4 Å². The molecule has 2 aromatic heterocycles. The van der Waals surface area contributed by atoms with Gasteiger partial charge in [0.2, 0.25) is 11.8 Å². The smallest absolute Gasteiger partial charge is 0.417 e. The number of likely N-dealkylation sites (tertiary alicyclic amines) is 1. The summed E-state index contributed by atoms with van der Waals surface area (Å²) in [5.74, 6) is -1.13. The normalized spacial score (nSPS) is 23.7. The molecule has 3 atom stereocenters. The topological polar surface area (TPSA) is 117 Å². The van der Waals surface area contributed by atoms with Crippen LogP contribution in [-0.4, -0.2) is 42.2 Å². The van der Waals surface area contributed by atoms with Crippen LogP contribution in [0.1, 0.15) is 43.5 Å². The molecular formula is C22H20F4N6O3. The third kappa shape index (κ3) is 3.84. The molecule has 35 heavy (non-hydrogen) atoms. The number of alkyl halides is 3. The number of rotatable bonds is 3. The second-order valence-corrected chi connectivity index (χ2v) is 9.00. The molecule has 13 heteroatoms. The van der Waals surface area contributed by atoms with Crippen LogP contribution in [0.3, 0.4) is 0 Å². The zero-order valence-corrected chi connectivity index (χ0v) is 18.6. The fourth-order valence-electron chi connectivity index (χ4n) is 5.16. The van der Waals surface area contributed by atoms with Gasteiger partial charge in [-0.25, -0.2) is 19.2 Å². The molecule has 5 rings (SSSR count). The number of amides is 2. The Bertz CT molecular complexity index is 1300. The van der Waals surface area contributed by atoms with E-state index in [-0.39, 0.29) is 29.7 Å². The van der Waals surface area contributed by atoms with E-state index in [1.807, 2.05) is 6.92 Å². The number of hydrogen-bond acceptors (Lipinski definition) is 7. The first kappa shape index (κ1) is 23.0. The summed E-state index contributed by atoms with van der Waals surface area (Å²) in [6.45, 7) is 3.67. The Kier molecular flexibility index (Phi) is 5.18. The lowest BCUT2D eigenvalue weighted by Gasteiger charge is -2.61. The molecule has 0 radical (unpaired) electrons. The van der Waals surface area contributed by atoms with Gasteiger partial charge in [0.15, 0.2) is 11.6 Å². The summed E-state index contributed by atoms with van der Waals surface area (Å²) in [5, 5.41) is 19.7. The van der Waals surface area contributed by atoms with Gasteiger partial charge in [-0.1, -0.05) is 6.92 Å². The van der Waals surface area contributed by atoms with E-state index in [1.54, 1.807) is 6.92 Å². The van der Waals surface area contributed by atoms with E-state index in [0.29, 0.717) is 25.2 Å². The molecule has 2 amide bonds. The molecule has 2 aliphatic rings. The van der Waals surface area contributed by atoms with Crippen molar-refractivity contribution in [3.05, 3.63) is 47.7 Å². The zero-order valence-electron chi connectivity index (χ0n) is 18.6. The van der Waals surface area contributed by atoms with Gasteiger partial charge in [0.1, 0.15) is 11.4 Å². The standard InChI is InChI=1S/C22H20F4N6O3/c1-10-3-12-7-21(6-10,19-31-30-11(2)35-19)32(12)20(34)29-17-4-14(18-27-8-13(33)9-28-18)15(5-16(17)23)22(24,25)26/h4-5,8-10,12,33H,3,6-7H2,1-2H3,(H,29,34)/t10-,12+,21?/m0/s1. The number of aryl methyl sites for hydroxylation is 1. The molecular weight excluding hydrogens is 472 g/mol. The molecule has 2 bridgehead atoms. The van der Waals surface area contributed by atoms with Crippen molar-refractivity contribution >= 4 is 11.7 Å². The number of nitrogens with one attached hydrogen (secondary N) is 1. The maximum atomic E-state index is 14.8. The number of aromatic nitrogens is 4. The lowest BCUT2D eigenvalue weighted by molar-refractivity contribution is -0.137. The van der Waals surface area contributed by atoms with Crippen LogP contribution in [-0.2, 0) is 11.7 Å². The van der Waals surface area contributed by atoms with Crippen LogP contribution < -0.4 is 5.32 Å². The largest absolute Gasteiger partial charge is 0.505 e. The zero-order chi connectivity index (χ0) is 25.1. The van der Waals surface area contributed by atoms with Gasteiger partial charge in [0.25, 0.3) is 0 Å². The maximum Gasteiger partial charge on any atom is 0.417 e. The molecule has 2 N–H and O–H groups in total. The summed E-state index contributed by atoms with van der Waals surface area (Å²) in [7, 11) is 0. The molecule has 1 saturated heterocycles. The van der Waals surface area contributed by atoms with Gasteiger partial charge in [-0.3, -0.25) is 0 Å². The first-order chi connectivity index (χ1) is 16.5. The highest BCUT2D eigenvalue weighted by molar-refractivity contribution is 5.92. The SMILES string of the molecule is Cc1nnc(C23C[C@@H](C)C[C@H](C2)N3C(=O)Nc2cc(-c3ncc(O)cn3)c(C(F)(F)F)cc2F)o1. The van der Waals surface area contributed by atoms with Gasteiger partial charge in [-0.05, 0) is 30.9 Å². The Morgan fingerprint density at radius 2 is 1.94 bits per heavy atom. The van der Waals surface area contributed by atoms with E-state index in [9.17, 15) is 27.5 Å². The van der Waals surface area contributed by atoms with Crippen molar-refractivity contribution in [1.82, 2.24) is 25.1 Å². The average Bonchev–Trinajstić information content (AvgIpc) is 3.21. The number of anilines is 1. The number of piperidine rings is 1. The first-order valence-corrected chi connectivity index (χ1v) is 10.8. The number of fused-ring (bicyclic) bond motifs is 2. The van der Waals surface area contributed by atoms with Gasteiger partial charge >= 0.3 is 12.2 Å². The van der Waals surface area contributed by atoms with Crippen LogP contribution in [0.5, 0.6) is 5.75 Å². The summed E-state index contributed by atoms with van der Waals surface area (Å²) in [6, 6.07) is 0.269.